The lowest BCUT2D eigenvalue weighted by Crippen LogP contribution is -2.15. The third-order valence-corrected chi connectivity index (χ3v) is 1.86. The molecule has 0 aliphatic carbocycles. The second kappa shape index (κ2) is 2.74. The zero-order chi connectivity index (χ0) is 7.52. The van der Waals surface area contributed by atoms with Gasteiger partial charge in [0.1, 0.15) is 0 Å². The first kappa shape index (κ1) is 6.40. The van der Waals surface area contributed by atoms with Gasteiger partial charge in [-0.3, -0.25) is 5.32 Å². The summed E-state index contributed by atoms with van der Waals surface area (Å²) in [6, 6.07) is 10.8. The number of benzene rings is 1. The van der Waals surface area contributed by atoms with E-state index >= 15 is 0 Å². The van der Waals surface area contributed by atoms with Gasteiger partial charge in [-0.2, -0.15) is 0 Å². The van der Waals surface area contributed by atoms with Crippen LogP contribution in [0.4, 0.5) is 0 Å². The van der Waals surface area contributed by atoms with Crippen LogP contribution in [0.3, 0.4) is 0 Å². The highest BCUT2D eigenvalue weighted by Gasteiger charge is 2.19. The Morgan fingerprint density at radius 3 is 2.73 bits per heavy atom. The van der Waals surface area contributed by atoms with Crippen LogP contribution in [0.25, 0.3) is 0 Å². The van der Waals surface area contributed by atoms with Gasteiger partial charge < -0.3 is 0 Å². The fourth-order valence-corrected chi connectivity index (χ4v) is 1.24. The van der Waals surface area contributed by atoms with Gasteiger partial charge in [0, 0.05) is 5.56 Å². The van der Waals surface area contributed by atoms with Crippen molar-refractivity contribution in [1.82, 2.24) is 10.3 Å². The summed E-state index contributed by atoms with van der Waals surface area (Å²) in [6.07, 6.45) is 1.78. The molecule has 1 aromatic rings. The van der Waals surface area contributed by atoms with E-state index in [0.717, 1.165) is 6.54 Å². The summed E-state index contributed by atoms with van der Waals surface area (Å²) in [7, 11) is 0. The first-order valence-corrected chi connectivity index (χ1v) is 3.76. The lowest BCUT2D eigenvalue weighted by atomic mass is 10.1. The summed E-state index contributed by atoms with van der Waals surface area (Å²) in [4.78, 5) is 4.11. The van der Waals surface area contributed by atoms with E-state index in [1.165, 1.54) is 5.56 Å². The normalized spacial score (nSPS) is 21.6. The van der Waals surface area contributed by atoms with Crippen molar-refractivity contribution in [3.05, 3.63) is 35.9 Å². The number of aliphatic imine (C=N–C) groups is 1. The molecule has 2 nitrogen and oxygen atoms in total. The number of nitrogens with zero attached hydrogens (tertiary/aromatic N) is 1. The van der Waals surface area contributed by atoms with Crippen LogP contribution in [0.2, 0.25) is 0 Å². The van der Waals surface area contributed by atoms with Crippen molar-refractivity contribution >= 4 is 6.34 Å². The summed E-state index contributed by atoms with van der Waals surface area (Å²) in [6.45, 7) is 0.865. The maximum absolute atomic E-state index is 4.11. The molecule has 1 heterocycles. The van der Waals surface area contributed by atoms with Gasteiger partial charge in [0.2, 0.25) is 0 Å². The second-order valence-electron chi connectivity index (χ2n) is 2.62. The van der Waals surface area contributed by atoms with Crippen LogP contribution in [-0.2, 0) is 0 Å². The van der Waals surface area contributed by atoms with E-state index in [-0.39, 0.29) is 0 Å². The summed E-state index contributed by atoms with van der Waals surface area (Å²) >= 11 is 0. The van der Waals surface area contributed by atoms with Crippen LogP contribution < -0.4 is 10.3 Å². The van der Waals surface area contributed by atoms with Crippen LogP contribution >= 0.6 is 0 Å². The quantitative estimate of drug-likeness (QED) is 0.620. The molecule has 0 spiro atoms. The molecule has 55 valence electrons. The van der Waals surface area contributed by atoms with E-state index in [2.05, 4.69) is 34.6 Å². The molecule has 1 N–H and O–H groups in total. The molecule has 0 aromatic heterocycles. The Morgan fingerprint density at radius 1 is 1.27 bits per heavy atom. The van der Waals surface area contributed by atoms with Gasteiger partial charge in [-0.25, -0.2) is 0 Å². The molecule has 0 saturated carbocycles. The number of hydrogen-bond acceptors (Lipinski definition) is 2. The maximum atomic E-state index is 4.11. The lowest BCUT2D eigenvalue weighted by molar-refractivity contribution is 0.696. The minimum absolute atomic E-state index is 0.399. The summed E-state index contributed by atoms with van der Waals surface area (Å²) < 4.78 is 0. The zero-order valence-electron chi connectivity index (χ0n) is 6.20. The van der Waals surface area contributed by atoms with Crippen molar-refractivity contribution in [3.63, 3.8) is 0 Å². The van der Waals surface area contributed by atoms with Gasteiger partial charge in [0.15, 0.2) is 12.6 Å². The summed E-state index contributed by atoms with van der Waals surface area (Å²) in [5, 5.41) is 3.18. The minimum Gasteiger partial charge on any atom is -0.267 e. The second-order valence-corrected chi connectivity index (χ2v) is 2.62. The molecule has 1 radical (unpaired) electrons. The predicted molar refractivity (Wildman–Crippen MR) is 45.4 cm³/mol. The Hall–Kier alpha value is -1.31. The lowest BCUT2D eigenvalue weighted by Gasteiger charge is -2.02. The zero-order valence-corrected chi connectivity index (χ0v) is 6.20. The van der Waals surface area contributed by atoms with Gasteiger partial charge in [-0.15, -0.1) is 0 Å². The Bertz CT molecular complexity index is 246. The van der Waals surface area contributed by atoms with Crippen molar-refractivity contribution < 1.29 is 0 Å². The van der Waals surface area contributed by atoms with Crippen molar-refractivity contribution in [3.8, 4) is 0 Å². The Balaban J connectivity index is 2.17. The van der Waals surface area contributed by atoms with Crippen molar-refractivity contribution in [2.75, 3.05) is 6.54 Å². The molecule has 1 aliphatic heterocycles. The van der Waals surface area contributed by atoms with Crippen LogP contribution in [-0.4, -0.2) is 12.9 Å². The molecule has 1 unspecified atom stereocenters. The van der Waals surface area contributed by atoms with E-state index in [4.69, 9.17) is 0 Å². The van der Waals surface area contributed by atoms with Crippen LogP contribution in [0.1, 0.15) is 11.6 Å². The van der Waals surface area contributed by atoms with Gasteiger partial charge in [0.25, 0.3) is 6.34 Å². The molecule has 0 fully saturated rings. The predicted octanol–water partition coefficient (Wildman–Crippen LogP) is 0.695. The van der Waals surface area contributed by atoms with E-state index in [1.54, 1.807) is 6.34 Å². The van der Waals surface area contributed by atoms with Gasteiger partial charge in [-0.05, 0) is 0 Å². The highest BCUT2D eigenvalue weighted by Crippen LogP contribution is 2.11. The number of rotatable bonds is 1. The fraction of sp³-hybridized carbons (Fsp3) is 0.222. The molecule has 1 aromatic carbocycles. The first-order chi connectivity index (χ1) is 5.47. The Labute approximate surface area is 66.0 Å². The Morgan fingerprint density at radius 2 is 2.09 bits per heavy atom. The van der Waals surface area contributed by atoms with E-state index < -0.39 is 0 Å². The Kier molecular flexibility index (Phi) is 1.60. The molecule has 0 bridgehead atoms. The topological polar surface area (TPSA) is 26.1 Å². The van der Waals surface area contributed by atoms with E-state index in [9.17, 15) is 0 Å². The average molecular weight is 146 g/mol. The highest BCUT2D eigenvalue weighted by molar-refractivity contribution is 5.56. The number of hydrogen-bond donors (Lipinski definition) is 1. The highest BCUT2D eigenvalue weighted by atomic mass is 15.1. The SMILES string of the molecule is C1=[N+]CC(c2ccccc2)N1. The molecule has 0 amide bonds. The summed E-state index contributed by atoms with van der Waals surface area (Å²) in [5.41, 5.74) is 1.31. The molecular formula is C9H10N2+. The first-order valence-electron chi connectivity index (χ1n) is 3.76. The molecule has 1 atom stereocenters. The molecule has 2 rings (SSSR count). The van der Waals surface area contributed by atoms with Crippen molar-refractivity contribution in [2.45, 2.75) is 6.04 Å². The third kappa shape index (κ3) is 1.24. The van der Waals surface area contributed by atoms with Crippen molar-refractivity contribution in [2.24, 2.45) is 0 Å². The molecule has 11 heavy (non-hydrogen) atoms. The maximum Gasteiger partial charge on any atom is 0.274 e. The van der Waals surface area contributed by atoms with E-state index in [0.29, 0.717) is 6.04 Å². The molecular weight excluding hydrogens is 136 g/mol. The van der Waals surface area contributed by atoms with E-state index in [1.807, 2.05) is 6.07 Å². The van der Waals surface area contributed by atoms with Crippen LogP contribution in [0.5, 0.6) is 0 Å². The molecule has 0 saturated heterocycles. The number of nitrogens with one attached hydrogen (secondary N) is 1. The average Bonchev–Trinajstić information content (AvgIpc) is 2.58. The van der Waals surface area contributed by atoms with Crippen LogP contribution in [0, 0.1) is 0 Å². The standard InChI is InChI=1S/C9H10N2/c1-2-4-8(5-3-1)9-6-10-7-11-9/h1-5,7,9,11H,6H2/q+1. The van der Waals surface area contributed by atoms with Gasteiger partial charge in [-0.1, -0.05) is 35.3 Å². The van der Waals surface area contributed by atoms with Gasteiger partial charge in [0.05, 0.1) is 0 Å². The third-order valence-electron chi connectivity index (χ3n) is 1.86. The largest absolute Gasteiger partial charge is 0.274 e. The smallest absolute Gasteiger partial charge is 0.267 e. The van der Waals surface area contributed by atoms with Crippen molar-refractivity contribution in [1.29, 1.82) is 0 Å². The minimum atomic E-state index is 0.399. The molecule has 2 heteroatoms. The molecule has 1 aliphatic rings. The monoisotopic (exact) mass is 146 g/mol. The fourth-order valence-electron chi connectivity index (χ4n) is 1.24. The van der Waals surface area contributed by atoms with Gasteiger partial charge >= 0.3 is 0 Å². The summed E-state index contributed by atoms with van der Waals surface area (Å²) in [5.74, 6) is 0. The van der Waals surface area contributed by atoms with Crippen LogP contribution in [0.15, 0.2) is 30.3 Å².